The van der Waals surface area contributed by atoms with Gasteiger partial charge in [-0.25, -0.2) is 9.97 Å². The van der Waals surface area contributed by atoms with Crippen LogP contribution in [0, 0.1) is 0 Å². The van der Waals surface area contributed by atoms with E-state index in [9.17, 15) is 0 Å². The van der Waals surface area contributed by atoms with Gasteiger partial charge in [-0.15, -0.1) is 0 Å². The van der Waals surface area contributed by atoms with Crippen LogP contribution in [-0.2, 0) is 18.2 Å². The van der Waals surface area contributed by atoms with Crippen LogP contribution in [0.4, 0.5) is 11.8 Å². The molecular weight excluding hydrogens is 416 g/mol. The molecule has 4 aromatic rings. The standard InChI is InChI=1S/C24H30N8O/c1-3-19-25-17-9-5-6-10-18(17)32(19)23-27-21-20(22(28-23)30-13-15-33-16-14-30)26-24(29(21)2)31-11-7-4-8-12-31/h5-6,9-10H,3-4,7-8,11-16H2,1-2H3. The van der Waals surface area contributed by atoms with E-state index in [-0.39, 0.29) is 0 Å². The van der Waals surface area contributed by atoms with Gasteiger partial charge in [0.15, 0.2) is 17.0 Å². The van der Waals surface area contributed by atoms with E-state index in [1.807, 2.05) is 18.2 Å². The number of morpholine rings is 1. The second kappa shape index (κ2) is 8.30. The van der Waals surface area contributed by atoms with Crippen molar-refractivity contribution in [3.63, 3.8) is 0 Å². The van der Waals surface area contributed by atoms with Crippen LogP contribution in [0.3, 0.4) is 0 Å². The van der Waals surface area contributed by atoms with Gasteiger partial charge >= 0.3 is 0 Å². The number of aromatic nitrogens is 6. The molecule has 2 aliphatic heterocycles. The first-order valence-electron chi connectivity index (χ1n) is 12.0. The molecule has 0 atom stereocenters. The minimum Gasteiger partial charge on any atom is -0.378 e. The average Bonchev–Trinajstić information content (AvgIpc) is 3.42. The van der Waals surface area contributed by atoms with Gasteiger partial charge in [0.1, 0.15) is 5.82 Å². The van der Waals surface area contributed by atoms with Crippen LogP contribution in [0.15, 0.2) is 24.3 Å². The van der Waals surface area contributed by atoms with E-state index in [2.05, 4.69) is 39.0 Å². The largest absolute Gasteiger partial charge is 0.378 e. The van der Waals surface area contributed by atoms with Crippen LogP contribution >= 0.6 is 0 Å². The summed E-state index contributed by atoms with van der Waals surface area (Å²) in [5, 5.41) is 0. The van der Waals surface area contributed by atoms with Crippen LogP contribution in [0.25, 0.3) is 28.1 Å². The lowest BCUT2D eigenvalue weighted by Gasteiger charge is -2.28. The van der Waals surface area contributed by atoms with Crippen molar-refractivity contribution in [1.29, 1.82) is 0 Å². The maximum Gasteiger partial charge on any atom is 0.239 e. The van der Waals surface area contributed by atoms with Crippen molar-refractivity contribution < 1.29 is 4.74 Å². The highest BCUT2D eigenvalue weighted by Gasteiger charge is 2.26. The van der Waals surface area contributed by atoms with Crippen LogP contribution < -0.4 is 9.80 Å². The minimum atomic E-state index is 0.655. The Labute approximate surface area is 193 Å². The summed E-state index contributed by atoms with van der Waals surface area (Å²) in [6, 6.07) is 8.20. The molecule has 0 bridgehead atoms. The van der Waals surface area contributed by atoms with E-state index >= 15 is 0 Å². The summed E-state index contributed by atoms with van der Waals surface area (Å²) in [5.41, 5.74) is 3.72. The van der Waals surface area contributed by atoms with Gasteiger partial charge in [0.2, 0.25) is 11.9 Å². The van der Waals surface area contributed by atoms with Gasteiger partial charge in [-0.2, -0.15) is 9.97 Å². The molecule has 33 heavy (non-hydrogen) atoms. The topological polar surface area (TPSA) is 77.1 Å². The van der Waals surface area contributed by atoms with Gasteiger partial charge in [0, 0.05) is 39.6 Å². The Balaban J connectivity index is 1.58. The van der Waals surface area contributed by atoms with Gasteiger partial charge in [0.25, 0.3) is 0 Å². The summed E-state index contributed by atoms with van der Waals surface area (Å²) in [5.74, 6) is 3.48. The average molecular weight is 447 g/mol. The van der Waals surface area contributed by atoms with Crippen molar-refractivity contribution in [1.82, 2.24) is 29.1 Å². The molecule has 0 N–H and O–H groups in total. The van der Waals surface area contributed by atoms with Crippen LogP contribution in [0.5, 0.6) is 0 Å². The lowest BCUT2D eigenvalue weighted by atomic mass is 10.1. The molecule has 0 radical (unpaired) electrons. The van der Waals surface area contributed by atoms with Crippen LogP contribution in [0.1, 0.15) is 32.0 Å². The maximum atomic E-state index is 5.62. The Morgan fingerprint density at radius 2 is 1.67 bits per heavy atom. The first kappa shape index (κ1) is 20.4. The van der Waals surface area contributed by atoms with E-state index in [0.29, 0.717) is 19.2 Å². The highest BCUT2D eigenvalue weighted by atomic mass is 16.5. The fourth-order valence-electron chi connectivity index (χ4n) is 5.03. The Kier molecular flexibility index (Phi) is 5.13. The zero-order chi connectivity index (χ0) is 22.4. The molecule has 9 nitrogen and oxygen atoms in total. The molecule has 0 aliphatic carbocycles. The number of nitrogens with zero attached hydrogens (tertiary/aromatic N) is 8. The predicted molar refractivity (Wildman–Crippen MR) is 129 cm³/mol. The summed E-state index contributed by atoms with van der Waals surface area (Å²) in [6.45, 7) is 7.19. The Bertz CT molecular complexity index is 1300. The van der Waals surface area contributed by atoms with Crippen molar-refractivity contribution >= 4 is 34.0 Å². The molecule has 6 rings (SSSR count). The second-order valence-electron chi connectivity index (χ2n) is 8.84. The number of fused-ring (bicyclic) bond motifs is 2. The molecule has 2 fully saturated rings. The highest BCUT2D eigenvalue weighted by molar-refractivity contribution is 5.87. The molecule has 1 aromatic carbocycles. The third-order valence-corrected chi connectivity index (χ3v) is 6.76. The van der Waals surface area contributed by atoms with Crippen molar-refractivity contribution in [2.75, 3.05) is 49.2 Å². The van der Waals surface area contributed by atoms with E-state index in [4.69, 9.17) is 24.7 Å². The Morgan fingerprint density at radius 1 is 0.879 bits per heavy atom. The fraction of sp³-hybridized carbons (Fsp3) is 0.500. The van der Waals surface area contributed by atoms with E-state index in [1.54, 1.807) is 0 Å². The van der Waals surface area contributed by atoms with Crippen molar-refractivity contribution in [2.24, 2.45) is 7.05 Å². The first-order chi connectivity index (χ1) is 16.2. The van der Waals surface area contributed by atoms with Gasteiger partial charge < -0.3 is 14.5 Å². The molecule has 0 amide bonds. The zero-order valence-electron chi connectivity index (χ0n) is 19.4. The molecular formula is C24H30N8O. The van der Waals surface area contributed by atoms with Gasteiger partial charge in [-0.05, 0) is 31.4 Å². The SMILES string of the molecule is CCc1nc2ccccc2n1-c1nc(N2CCOCC2)c2nc(N3CCCCC3)n(C)c2n1. The smallest absolute Gasteiger partial charge is 0.239 e. The normalized spacial score (nSPS) is 17.4. The first-order valence-corrected chi connectivity index (χ1v) is 12.0. The van der Waals surface area contributed by atoms with Crippen molar-refractivity contribution in [3.05, 3.63) is 30.1 Å². The van der Waals surface area contributed by atoms with E-state index in [1.165, 1.54) is 19.3 Å². The predicted octanol–water partition coefficient (Wildman–Crippen LogP) is 3.09. The number of hydrogen-bond donors (Lipinski definition) is 0. The van der Waals surface area contributed by atoms with Crippen LogP contribution in [0.2, 0.25) is 0 Å². The number of imidazole rings is 2. The van der Waals surface area contributed by atoms with Gasteiger partial charge in [-0.3, -0.25) is 9.13 Å². The number of ether oxygens (including phenoxy) is 1. The number of benzene rings is 1. The lowest BCUT2D eigenvalue weighted by molar-refractivity contribution is 0.122. The number of anilines is 2. The third-order valence-electron chi connectivity index (χ3n) is 6.76. The van der Waals surface area contributed by atoms with Crippen LogP contribution in [-0.4, -0.2) is 68.5 Å². The maximum absolute atomic E-state index is 5.62. The molecule has 5 heterocycles. The summed E-state index contributed by atoms with van der Waals surface area (Å²) < 4.78 is 9.86. The molecule has 0 spiro atoms. The highest BCUT2D eigenvalue weighted by Crippen LogP contribution is 2.31. The molecule has 9 heteroatoms. The lowest BCUT2D eigenvalue weighted by Crippen LogP contribution is -2.37. The van der Waals surface area contributed by atoms with Gasteiger partial charge in [-0.1, -0.05) is 19.1 Å². The molecule has 2 saturated heterocycles. The molecule has 172 valence electrons. The van der Waals surface area contributed by atoms with Crippen molar-refractivity contribution in [2.45, 2.75) is 32.6 Å². The summed E-state index contributed by atoms with van der Waals surface area (Å²) in [6.07, 6.45) is 4.50. The number of para-hydroxylation sites is 2. The Hall–Kier alpha value is -3.20. The van der Waals surface area contributed by atoms with E-state index < -0.39 is 0 Å². The molecule has 0 unspecified atom stereocenters. The van der Waals surface area contributed by atoms with Crippen molar-refractivity contribution in [3.8, 4) is 5.95 Å². The Morgan fingerprint density at radius 3 is 2.45 bits per heavy atom. The molecule has 2 aliphatic rings. The summed E-state index contributed by atoms with van der Waals surface area (Å²) in [4.78, 5) is 24.8. The third kappa shape index (κ3) is 3.42. The number of rotatable bonds is 4. The monoisotopic (exact) mass is 446 g/mol. The minimum absolute atomic E-state index is 0.655. The number of aryl methyl sites for hydroxylation is 2. The van der Waals surface area contributed by atoms with E-state index in [0.717, 1.165) is 72.4 Å². The molecule has 0 saturated carbocycles. The number of hydrogen-bond acceptors (Lipinski definition) is 7. The van der Waals surface area contributed by atoms with Gasteiger partial charge in [0.05, 0.1) is 24.2 Å². The second-order valence-corrected chi connectivity index (χ2v) is 8.84. The number of piperidine rings is 1. The fourth-order valence-corrected chi connectivity index (χ4v) is 5.03. The summed E-state index contributed by atoms with van der Waals surface area (Å²) in [7, 11) is 2.08. The molecule has 3 aromatic heterocycles. The summed E-state index contributed by atoms with van der Waals surface area (Å²) >= 11 is 0. The zero-order valence-corrected chi connectivity index (χ0v) is 19.4. The quantitative estimate of drug-likeness (QED) is 0.477.